The number of aryl methyl sites for hydroxylation is 1. The van der Waals surface area contributed by atoms with Crippen LogP contribution in [0.15, 0.2) is 48.5 Å². The summed E-state index contributed by atoms with van der Waals surface area (Å²) in [5, 5.41) is 3.05. The van der Waals surface area contributed by atoms with E-state index >= 15 is 0 Å². The molecule has 4 nitrogen and oxygen atoms in total. The summed E-state index contributed by atoms with van der Waals surface area (Å²) in [4.78, 5) is 27.7. The van der Waals surface area contributed by atoms with Gasteiger partial charge < -0.3 is 10.2 Å². The molecule has 0 radical (unpaired) electrons. The number of likely N-dealkylation sites (tertiary alicyclic amines) is 1. The van der Waals surface area contributed by atoms with Crippen molar-refractivity contribution in [3.63, 3.8) is 0 Å². The van der Waals surface area contributed by atoms with Crippen molar-refractivity contribution in [2.75, 3.05) is 13.1 Å². The zero-order valence-electron chi connectivity index (χ0n) is 17.3. The molecule has 0 spiro atoms. The first-order chi connectivity index (χ1) is 13.9. The van der Waals surface area contributed by atoms with Crippen molar-refractivity contribution < 1.29 is 14.0 Å². The van der Waals surface area contributed by atoms with Crippen LogP contribution in [0.2, 0.25) is 0 Å². The number of benzene rings is 2. The van der Waals surface area contributed by atoms with Crippen LogP contribution in [0, 0.1) is 18.7 Å². The first kappa shape index (κ1) is 21.0. The normalized spacial score (nSPS) is 20.2. The summed E-state index contributed by atoms with van der Waals surface area (Å²) in [5.74, 6) is -0.638. The molecular weight excluding hydrogens is 367 g/mol. The number of hydrogen-bond acceptors (Lipinski definition) is 2. The van der Waals surface area contributed by atoms with Crippen LogP contribution in [-0.2, 0) is 4.79 Å². The number of piperidine rings is 1. The molecule has 154 valence electrons. The lowest BCUT2D eigenvalue weighted by atomic mass is 9.83. The molecule has 1 fully saturated rings. The fraction of sp³-hybridized carbons (Fsp3) is 0.417. The maximum Gasteiger partial charge on any atom is 0.253 e. The third-order valence-electron chi connectivity index (χ3n) is 5.78. The van der Waals surface area contributed by atoms with Crippen LogP contribution in [0.3, 0.4) is 0 Å². The maximum absolute atomic E-state index is 13.8. The van der Waals surface area contributed by atoms with Gasteiger partial charge >= 0.3 is 0 Å². The van der Waals surface area contributed by atoms with E-state index in [1.807, 2.05) is 38.1 Å². The van der Waals surface area contributed by atoms with Crippen molar-refractivity contribution in [1.29, 1.82) is 0 Å². The Hall–Kier alpha value is -2.69. The average molecular weight is 397 g/mol. The van der Waals surface area contributed by atoms with Gasteiger partial charge in [-0.1, -0.05) is 37.3 Å². The second-order valence-corrected chi connectivity index (χ2v) is 8.03. The molecule has 1 N–H and O–H groups in total. The van der Waals surface area contributed by atoms with E-state index in [1.165, 1.54) is 6.07 Å². The molecule has 2 aromatic rings. The van der Waals surface area contributed by atoms with Crippen molar-refractivity contribution in [3.05, 3.63) is 71.0 Å². The fourth-order valence-electron chi connectivity index (χ4n) is 3.84. The molecule has 3 rings (SSSR count). The molecule has 1 heterocycles. The minimum absolute atomic E-state index is 0.0107. The Kier molecular flexibility index (Phi) is 6.68. The Balaban J connectivity index is 1.87. The van der Waals surface area contributed by atoms with Crippen LogP contribution < -0.4 is 5.32 Å². The van der Waals surface area contributed by atoms with Gasteiger partial charge in [-0.25, -0.2) is 4.39 Å². The standard InChI is InChI=1S/C24H29FN2O2/c1-4-17(3)26-23(28)21-13-20(19-10-11-22(25)16(2)12-19)14-27(15-21)24(29)18-8-6-5-7-9-18/h5-12,17,20-21H,4,13-15H2,1-3H3,(H,26,28)/t17-,20+,21+/m0/s1. The van der Waals surface area contributed by atoms with Crippen LogP contribution in [0.1, 0.15) is 54.1 Å². The number of nitrogens with zero attached hydrogens (tertiary/aromatic N) is 1. The molecule has 1 saturated heterocycles. The molecule has 2 amide bonds. The average Bonchev–Trinajstić information content (AvgIpc) is 2.75. The third kappa shape index (κ3) is 5.03. The van der Waals surface area contributed by atoms with Gasteiger partial charge in [0.25, 0.3) is 5.91 Å². The first-order valence-corrected chi connectivity index (χ1v) is 10.3. The summed E-state index contributed by atoms with van der Waals surface area (Å²) in [5.41, 5.74) is 2.16. The largest absolute Gasteiger partial charge is 0.353 e. The van der Waals surface area contributed by atoms with Crippen molar-refractivity contribution in [2.24, 2.45) is 5.92 Å². The summed E-state index contributed by atoms with van der Waals surface area (Å²) < 4.78 is 13.8. The maximum atomic E-state index is 13.8. The van der Waals surface area contributed by atoms with Crippen LogP contribution in [0.4, 0.5) is 4.39 Å². The molecule has 2 aromatic carbocycles. The summed E-state index contributed by atoms with van der Waals surface area (Å²) in [6.45, 7) is 6.66. The Bertz CT molecular complexity index is 868. The number of amides is 2. The lowest BCUT2D eigenvalue weighted by Gasteiger charge is -2.38. The zero-order valence-corrected chi connectivity index (χ0v) is 17.3. The van der Waals surface area contributed by atoms with Crippen LogP contribution in [0.5, 0.6) is 0 Å². The quantitative estimate of drug-likeness (QED) is 0.819. The van der Waals surface area contributed by atoms with E-state index in [-0.39, 0.29) is 35.5 Å². The van der Waals surface area contributed by atoms with Crippen LogP contribution in [0.25, 0.3) is 0 Å². The highest BCUT2D eigenvalue weighted by molar-refractivity contribution is 5.94. The van der Waals surface area contributed by atoms with Gasteiger partial charge in [0, 0.05) is 30.6 Å². The smallest absolute Gasteiger partial charge is 0.253 e. The summed E-state index contributed by atoms with van der Waals surface area (Å²) in [6, 6.07) is 14.3. The molecule has 1 aliphatic heterocycles. The second kappa shape index (κ2) is 9.21. The van der Waals surface area contributed by atoms with E-state index in [4.69, 9.17) is 0 Å². The van der Waals surface area contributed by atoms with Crippen molar-refractivity contribution in [1.82, 2.24) is 10.2 Å². The highest BCUT2D eigenvalue weighted by atomic mass is 19.1. The Morgan fingerprint density at radius 1 is 1.17 bits per heavy atom. The van der Waals surface area contributed by atoms with Crippen LogP contribution >= 0.6 is 0 Å². The predicted octanol–water partition coefficient (Wildman–Crippen LogP) is 4.29. The molecular formula is C24H29FN2O2. The van der Waals surface area contributed by atoms with Crippen molar-refractivity contribution in [3.8, 4) is 0 Å². The van der Waals surface area contributed by atoms with E-state index in [2.05, 4.69) is 5.32 Å². The molecule has 0 bridgehead atoms. The summed E-state index contributed by atoms with van der Waals surface area (Å²) in [6.07, 6.45) is 1.50. The Morgan fingerprint density at radius 2 is 1.90 bits per heavy atom. The lowest BCUT2D eigenvalue weighted by molar-refractivity contribution is -0.127. The fourth-order valence-corrected chi connectivity index (χ4v) is 3.84. The van der Waals surface area contributed by atoms with Crippen LogP contribution in [-0.4, -0.2) is 35.8 Å². The first-order valence-electron chi connectivity index (χ1n) is 10.3. The topological polar surface area (TPSA) is 49.4 Å². The predicted molar refractivity (Wildman–Crippen MR) is 112 cm³/mol. The molecule has 5 heteroatoms. The van der Waals surface area contributed by atoms with Gasteiger partial charge in [-0.2, -0.15) is 0 Å². The molecule has 3 atom stereocenters. The zero-order chi connectivity index (χ0) is 21.0. The molecule has 0 unspecified atom stereocenters. The number of carbonyl (C=O) groups excluding carboxylic acids is 2. The van der Waals surface area contributed by atoms with Crippen molar-refractivity contribution in [2.45, 2.75) is 45.6 Å². The van der Waals surface area contributed by atoms with Gasteiger partial charge in [-0.15, -0.1) is 0 Å². The van der Waals surface area contributed by atoms with E-state index in [0.717, 1.165) is 12.0 Å². The van der Waals surface area contributed by atoms with E-state index in [1.54, 1.807) is 30.0 Å². The summed E-state index contributed by atoms with van der Waals surface area (Å²) in [7, 11) is 0. The number of rotatable bonds is 5. The molecule has 0 aliphatic carbocycles. The third-order valence-corrected chi connectivity index (χ3v) is 5.78. The van der Waals surface area contributed by atoms with Gasteiger partial charge in [0.05, 0.1) is 5.92 Å². The summed E-state index contributed by atoms with van der Waals surface area (Å²) >= 11 is 0. The Morgan fingerprint density at radius 3 is 2.55 bits per heavy atom. The van der Waals surface area contributed by atoms with E-state index < -0.39 is 0 Å². The molecule has 0 aromatic heterocycles. The number of halogens is 1. The number of nitrogens with one attached hydrogen (secondary N) is 1. The van der Waals surface area contributed by atoms with Gasteiger partial charge in [-0.05, 0) is 56.0 Å². The Labute approximate surface area is 172 Å². The molecule has 1 aliphatic rings. The SMILES string of the molecule is CC[C@H](C)NC(=O)[C@@H]1C[C@@H](c2ccc(F)c(C)c2)CN(C(=O)c2ccccc2)C1. The van der Waals surface area contributed by atoms with E-state index in [0.29, 0.717) is 30.6 Å². The highest BCUT2D eigenvalue weighted by Gasteiger charge is 2.35. The lowest BCUT2D eigenvalue weighted by Crippen LogP contribution is -2.49. The number of carbonyl (C=O) groups is 2. The van der Waals surface area contributed by atoms with Gasteiger partial charge in [-0.3, -0.25) is 9.59 Å². The van der Waals surface area contributed by atoms with E-state index in [9.17, 15) is 14.0 Å². The monoisotopic (exact) mass is 396 g/mol. The molecule has 29 heavy (non-hydrogen) atoms. The van der Waals surface area contributed by atoms with Gasteiger partial charge in [0.1, 0.15) is 5.82 Å². The second-order valence-electron chi connectivity index (χ2n) is 8.03. The van der Waals surface area contributed by atoms with Gasteiger partial charge in [0.15, 0.2) is 0 Å². The van der Waals surface area contributed by atoms with Gasteiger partial charge in [0.2, 0.25) is 5.91 Å². The van der Waals surface area contributed by atoms with Crippen molar-refractivity contribution >= 4 is 11.8 Å². The highest BCUT2D eigenvalue weighted by Crippen LogP contribution is 2.32. The minimum Gasteiger partial charge on any atom is -0.353 e. The molecule has 0 saturated carbocycles. The number of hydrogen-bond donors (Lipinski definition) is 1. The minimum atomic E-state index is -0.291.